The lowest BCUT2D eigenvalue weighted by molar-refractivity contribution is 0.244. The maximum atomic E-state index is 5.75. The van der Waals surface area contributed by atoms with E-state index in [-0.39, 0.29) is 29.4 Å². The highest BCUT2D eigenvalue weighted by atomic mass is 127. The van der Waals surface area contributed by atoms with Crippen LogP contribution in [0.1, 0.15) is 42.4 Å². The predicted octanol–water partition coefficient (Wildman–Crippen LogP) is 6.84. The fourth-order valence-corrected chi connectivity index (χ4v) is 4.36. The number of unbranched alkanes of at least 4 members (excludes halogenated alkanes) is 2. The first-order chi connectivity index (χ1) is 13.8. The van der Waals surface area contributed by atoms with Crippen molar-refractivity contribution in [3.63, 3.8) is 0 Å². The molecule has 0 aromatic heterocycles. The molecule has 0 aliphatic heterocycles. The highest BCUT2D eigenvalue weighted by molar-refractivity contribution is 14.0. The minimum Gasteiger partial charge on any atom is -0.330 e. The maximum absolute atomic E-state index is 5.75. The van der Waals surface area contributed by atoms with E-state index in [1.807, 2.05) is 0 Å². The molecule has 0 heterocycles. The molecule has 1 nitrogen and oxygen atoms in total. The zero-order valence-electron chi connectivity index (χ0n) is 17.3. The molecule has 0 spiro atoms. The topological polar surface area (TPSA) is 26.0 Å². The van der Waals surface area contributed by atoms with Crippen molar-refractivity contribution >= 4 is 24.0 Å². The molecule has 0 unspecified atom stereocenters. The molecule has 2 N–H and O–H groups in total. The van der Waals surface area contributed by atoms with Gasteiger partial charge >= 0.3 is 0 Å². The van der Waals surface area contributed by atoms with Crippen LogP contribution in [0.2, 0.25) is 0 Å². The van der Waals surface area contributed by atoms with Crippen LogP contribution in [0.5, 0.6) is 0 Å². The van der Waals surface area contributed by atoms with E-state index >= 15 is 0 Å². The van der Waals surface area contributed by atoms with Crippen LogP contribution in [-0.4, -0.2) is 6.54 Å². The first-order valence-electron chi connectivity index (χ1n) is 10.6. The van der Waals surface area contributed by atoms with Crippen molar-refractivity contribution in [2.45, 2.75) is 44.9 Å². The van der Waals surface area contributed by atoms with Crippen LogP contribution in [0.4, 0.5) is 0 Å². The summed E-state index contributed by atoms with van der Waals surface area (Å²) in [6.07, 6.45) is 8.14. The monoisotopic (exact) mass is 499 g/mol. The highest BCUT2D eigenvalue weighted by Crippen LogP contribution is 2.37. The molecular formula is C27H34IN. The van der Waals surface area contributed by atoms with Gasteiger partial charge in [0.25, 0.3) is 0 Å². The molecule has 3 aromatic carbocycles. The highest BCUT2D eigenvalue weighted by Gasteiger charge is 2.30. The summed E-state index contributed by atoms with van der Waals surface area (Å²) < 4.78 is 0. The number of nitrogens with two attached hydrogens (primary N) is 1. The molecular weight excluding hydrogens is 465 g/mol. The smallest absolute Gasteiger partial charge is 0.00773 e. The molecule has 0 saturated heterocycles. The van der Waals surface area contributed by atoms with E-state index in [1.165, 1.54) is 36.0 Å². The number of rotatable bonds is 11. The van der Waals surface area contributed by atoms with Crippen LogP contribution < -0.4 is 5.73 Å². The summed E-state index contributed by atoms with van der Waals surface area (Å²) in [6.45, 7) is 0.795. The Morgan fingerprint density at radius 3 is 1.24 bits per heavy atom. The van der Waals surface area contributed by atoms with E-state index in [1.54, 1.807) is 0 Å². The van der Waals surface area contributed by atoms with Gasteiger partial charge in [0.15, 0.2) is 0 Å². The van der Waals surface area contributed by atoms with E-state index < -0.39 is 0 Å². The summed E-state index contributed by atoms with van der Waals surface area (Å²) in [5, 5.41) is 0. The van der Waals surface area contributed by atoms with Gasteiger partial charge in [-0.3, -0.25) is 0 Å². The number of hydrogen-bond donors (Lipinski definition) is 1. The molecule has 2 heteroatoms. The fraction of sp³-hybridized carbons (Fsp3) is 0.333. The second-order valence-corrected chi connectivity index (χ2v) is 8.09. The summed E-state index contributed by atoms with van der Waals surface area (Å²) in [6, 6.07) is 33.0. The van der Waals surface area contributed by atoms with Gasteiger partial charge in [0.1, 0.15) is 0 Å². The van der Waals surface area contributed by atoms with Gasteiger partial charge in [-0.2, -0.15) is 0 Å². The molecule has 3 rings (SSSR count). The zero-order valence-corrected chi connectivity index (χ0v) is 19.6. The summed E-state index contributed by atoms with van der Waals surface area (Å²) in [7, 11) is 0. The molecule has 0 saturated carbocycles. The largest absolute Gasteiger partial charge is 0.330 e. The minimum atomic E-state index is 0. The van der Waals surface area contributed by atoms with Crippen molar-refractivity contribution in [1.29, 1.82) is 0 Å². The maximum Gasteiger partial charge on any atom is -0.00773 e. The molecule has 0 atom stereocenters. The quantitative estimate of drug-likeness (QED) is 0.227. The van der Waals surface area contributed by atoms with Gasteiger partial charge < -0.3 is 5.73 Å². The van der Waals surface area contributed by atoms with Crippen molar-refractivity contribution < 1.29 is 0 Å². The lowest BCUT2D eigenvalue weighted by Crippen LogP contribution is -2.30. The van der Waals surface area contributed by atoms with Crippen LogP contribution in [0.25, 0.3) is 0 Å². The Morgan fingerprint density at radius 2 is 0.897 bits per heavy atom. The summed E-state index contributed by atoms with van der Waals surface area (Å²) in [5.41, 5.74) is 10.3. The van der Waals surface area contributed by atoms with E-state index in [0.29, 0.717) is 0 Å². The Hall–Kier alpha value is -1.65. The Morgan fingerprint density at radius 1 is 0.517 bits per heavy atom. The van der Waals surface area contributed by atoms with E-state index in [4.69, 9.17) is 5.73 Å². The lowest BCUT2D eigenvalue weighted by Gasteiger charge is -2.35. The van der Waals surface area contributed by atoms with E-state index in [2.05, 4.69) is 91.0 Å². The molecule has 29 heavy (non-hydrogen) atoms. The normalized spacial score (nSPS) is 11.1. The number of halogens is 1. The predicted molar refractivity (Wildman–Crippen MR) is 136 cm³/mol. The molecule has 0 bridgehead atoms. The van der Waals surface area contributed by atoms with Crippen molar-refractivity contribution in [2.75, 3.05) is 6.54 Å². The first kappa shape index (κ1) is 23.6. The average Bonchev–Trinajstić information content (AvgIpc) is 2.73. The summed E-state index contributed by atoms with van der Waals surface area (Å²) in [4.78, 5) is 0. The lowest BCUT2D eigenvalue weighted by atomic mass is 9.69. The Labute approximate surface area is 193 Å². The Kier molecular flexibility index (Phi) is 10.4. The molecule has 3 aromatic rings. The SMILES string of the molecule is I.NCCCCCC(Cc1ccccc1)(Cc1ccccc1)Cc1ccccc1. The van der Waals surface area contributed by atoms with E-state index in [0.717, 1.165) is 32.2 Å². The second-order valence-electron chi connectivity index (χ2n) is 8.09. The standard InChI is InChI=1S/C27H33N.HI/c28-20-12-4-11-19-27(21-24-13-5-1-6-14-24,22-25-15-7-2-8-16-25)23-26-17-9-3-10-18-26;/h1-3,5-10,13-18H,4,11-12,19-23,28H2;1H. The van der Waals surface area contributed by atoms with Gasteiger partial charge in [-0.05, 0) is 60.8 Å². The first-order valence-corrected chi connectivity index (χ1v) is 10.6. The number of benzene rings is 3. The third-order valence-corrected chi connectivity index (χ3v) is 5.68. The van der Waals surface area contributed by atoms with Crippen LogP contribution in [0.3, 0.4) is 0 Å². The molecule has 154 valence electrons. The molecule has 0 fully saturated rings. The molecule has 0 aliphatic rings. The molecule has 0 radical (unpaired) electrons. The van der Waals surface area contributed by atoms with Gasteiger partial charge in [0.05, 0.1) is 0 Å². The van der Waals surface area contributed by atoms with Gasteiger partial charge in [-0.25, -0.2) is 0 Å². The third kappa shape index (κ3) is 7.94. The van der Waals surface area contributed by atoms with Gasteiger partial charge in [0.2, 0.25) is 0 Å². The van der Waals surface area contributed by atoms with Gasteiger partial charge in [-0.15, -0.1) is 24.0 Å². The van der Waals surface area contributed by atoms with Gasteiger partial charge in [-0.1, -0.05) is 104 Å². The third-order valence-electron chi connectivity index (χ3n) is 5.68. The summed E-state index contributed by atoms with van der Waals surface area (Å²) >= 11 is 0. The van der Waals surface area contributed by atoms with Crippen LogP contribution in [-0.2, 0) is 19.3 Å². The van der Waals surface area contributed by atoms with Crippen molar-refractivity contribution in [2.24, 2.45) is 11.1 Å². The molecule has 0 aliphatic carbocycles. The van der Waals surface area contributed by atoms with Crippen LogP contribution >= 0.6 is 24.0 Å². The van der Waals surface area contributed by atoms with Crippen molar-refractivity contribution in [3.8, 4) is 0 Å². The van der Waals surface area contributed by atoms with Crippen LogP contribution in [0, 0.1) is 5.41 Å². The van der Waals surface area contributed by atoms with Gasteiger partial charge in [0, 0.05) is 0 Å². The zero-order chi connectivity index (χ0) is 19.5. The Bertz CT molecular complexity index is 685. The summed E-state index contributed by atoms with van der Waals surface area (Å²) in [5.74, 6) is 0. The number of hydrogen-bond acceptors (Lipinski definition) is 1. The fourth-order valence-electron chi connectivity index (χ4n) is 4.36. The van der Waals surface area contributed by atoms with Crippen LogP contribution in [0.15, 0.2) is 91.0 Å². The average molecular weight is 499 g/mol. The van der Waals surface area contributed by atoms with Crippen molar-refractivity contribution in [1.82, 2.24) is 0 Å². The minimum absolute atomic E-state index is 0. The Balaban J connectivity index is 0.00000300. The van der Waals surface area contributed by atoms with Crippen molar-refractivity contribution in [3.05, 3.63) is 108 Å². The second kappa shape index (κ2) is 12.8. The molecule has 0 amide bonds. The van der Waals surface area contributed by atoms with E-state index in [9.17, 15) is 0 Å².